The number of carbonyl (C=O) groups is 1. The van der Waals surface area contributed by atoms with E-state index in [-0.39, 0.29) is 24.9 Å². The summed E-state index contributed by atoms with van der Waals surface area (Å²) in [5.41, 5.74) is 0.358. The van der Waals surface area contributed by atoms with Gasteiger partial charge in [0, 0.05) is 99.2 Å². The summed E-state index contributed by atoms with van der Waals surface area (Å²) in [7, 11) is 1.07. The maximum absolute atomic E-state index is 12.0. The maximum Gasteiger partial charge on any atom is 0.502 e. The van der Waals surface area contributed by atoms with Crippen molar-refractivity contribution in [1.29, 1.82) is 0 Å². The molecular weight excluding hydrogens is 643 g/mol. The SMILES string of the molecule is C=C(C)C(=O)OCCC[Si]12OC(C)CN(CC(COCCC[Si](OC)(OC)OC)O1)CC(COCCC[Si](OC)(OC)OC)O2. The molecule has 0 aliphatic carbocycles. The molecule has 3 aliphatic heterocycles. The van der Waals surface area contributed by atoms with Crippen LogP contribution < -0.4 is 0 Å². The highest BCUT2D eigenvalue weighted by Crippen LogP contribution is 2.30. The number of fused-ring (bicyclic) bond motifs is 6. The van der Waals surface area contributed by atoms with E-state index in [9.17, 15) is 4.79 Å². The number of nitrogens with zero attached hydrogens (tertiary/aromatic N) is 1. The Morgan fingerprint density at radius 2 is 1.22 bits per heavy atom. The van der Waals surface area contributed by atoms with Gasteiger partial charge in [-0.3, -0.25) is 4.90 Å². The Labute approximate surface area is 272 Å². The zero-order chi connectivity index (χ0) is 33.3. The van der Waals surface area contributed by atoms with Crippen molar-refractivity contribution < 1.29 is 58.8 Å². The lowest BCUT2D eigenvalue weighted by Crippen LogP contribution is -2.63. The molecule has 3 unspecified atom stereocenters. The summed E-state index contributed by atoms with van der Waals surface area (Å²) in [6.07, 6.45) is 1.37. The van der Waals surface area contributed by atoms with Crippen LogP contribution in [-0.4, -0.2) is 151 Å². The van der Waals surface area contributed by atoms with Gasteiger partial charge in [-0.15, -0.1) is 0 Å². The number of ether oxygens (including phenoxy) is 3. The van der Waals surface area contributed by atoms with Gasteiger partial charge < -0.3 is 54.0 Å². The normalized spacial score (nSPS) is 25.9. The van der Waals surface area contributed by atoms with Gasteiger partial charge in [-0.2, -0.15) is 0 Å². The van der Waals surface area contributed by atoms with Crippen LogP contribution in [0, 0.1) is 0 Å². The van der Waals surface area contributed by atoms with Crippen LogP contribution in [0.4, 0.5) is 0 Å². The first-order chi connectivity index (χ1) is 21.5. The number of esters is 1. The molecule has 3 heterocycles. The lowest BCUT2D eigenvalue weighted by Gasteiger charge is -2.46. The lowest BCUT2D eigenvalue weighted by atomic mass is 10.2. The lowest BCUT2D eigenvalue weighted by molar-refractivity contribution is -0.139. The van der Waals surface area contributed by atoms with Crippen LogP contribution in [0.1, 0.15) is 33.1 Å². The van der Waals surface area contributed by atoms with Gasteiger partial charge in [0.15, 0.2) is 0 Å². The highest BCUT2D eigenvalue weighted by Gasteiger charge is 2.50. The van der Waals surface area contributed by atoms with Gasteiger partial charge in [-0.25, -0.2) is 4.79 Å². The van der Waals surface area contributed by atoms with Crippen LogP contribution in [0.25, 0.3) is 0 Å². The molecule has 0 radical (unpaired) electrons. The largest absolute Gasteiger partial charge is 0.502 e. The summed E-state index contributed by atoms with van der Waals surface area (Å²) >= 11 is 0. The van der Waals surface area contributed by atoms with Crippen LogP contribution in [0.2, 0.25) is 18.1 Å². The van der Waals surface area contributed by atoms with Crippen LogP contribution >= 0.6 is 0 Å². The van der Waals surface area contributed by atoms with Gasteiger partial charge in [-0.05, 0) is 33.1 Å². The van der Waals surface area contributed by atoms with Crippen molar-refractivity contribution in [2.45, 2.75) is 69.6 Å². The smallest absolute Gasteiger partial charge is 0.462 e. The summed E-state index contributed by atoms with van der Waals surface area (Å²) in [6.45, 7) is 11.4. The van der Waals surface area contributed by atoms with Gasteiger partial charge in [0.05, 0.1) is 38.1 Å². The van der Waals surface area contributed by atoms with Crippen LogP contribution in [0.3, 0.4) is 0 Å². The predicted molar refractivity (Wildman–Crippen MR) is 172 cm³/mol. The summed E-state index contributed by atoms with van der Waals surface area (Å²) in [5, 5.41) is 0. The molecule has 0 aromatic rings. The first-order valence-electron chi connectivity index (χ1n) is 15.6. The van der Waals surface area contributed by atoms with E-state index in [1.807, 2.05) is 6.92 Å². The molecule has 17 heteroatoms. The molecule has 0 aromatic carbocycles. The van der Waals surface area contributed by atoms with Gasteiger partial charge in [-0.1, -0.05) is 6.58 Å². The number of hydrogen-bond acceptors (Lipinski definition) is 14. The van der Waals surface area contributed by atoms with Crippen molar-refractivity contribution in [3.8, 4) is 0 Å². The number of hydrogen-bond donors (Lipinski definition) is 0. The van der Waals surface area contributed by atoms with Crippen molar-refractivity contribution >= 4 is 32.4 Å². The molecule has 3 aliphatic rings. The Hall–Kier alpha value is -0.619. The monoisotopic (exact) mass is 699 g/mol. The van der Waals surface area contributed by atoms with Gasteiger partial charge in [0.1, 0.15) is 0 Å². The van der Waals surface area contributed by atoms with Crippen molar-refractivity contribution in [2.75, 3.05) is 95.3 Å². The minimum atomic E-state index is -3.25. The first kappa shape index (κ1) is 40.6. The molecule has 0 N–H and O–H groups in total. The van der Waals surface area contributed by atoms with Gasteiger partial charge in [0.25, 0.3) is 0 Å². The quantitative estimate of drug-likeness (QED) is 0.0670. The van der Waals surface area contributed by atoms with Gasteiger partial charge in [0.2, 0.25) is 0 Å². The predicted octanol–water partition coefficient (Wildman–Crippen LogP) is 2.51. The van der Waals surface area contributed by atoms with E-state index in [0.29, 0.717) is 69.6 Å². The van der Waals surface area contributed by atoms with E-state index in [4.69, 9.17) is 54.0 Å². The zero-order valence-corrected chi connectivity index (χ0v) is 31.6. The maximum atomic E-state index is 12.0. The fourth-order valence-electron chi connectivity index (χ4n) is 5.42. The zero-order valence-electron chi connectivity index (χ0n) is 28.6. The van der Waals surface area contributed by atoms with Crippen LogP contribution in [-0.2, 0) is 58.8 Å². The summed E-state index contributed by atoms with van der Waals surface area (Å²) in [6, 6.07) is 1.78. The van der Waals surface area contributed by atoms with E-state index in [2.05, 4.69) is 11.5 Å². The third kappa shape index (κ3) is 13.4. The third-order valence-electron chi connectivity index (χ3n) is 7.74. The fraction of sp³-hybridized carbons (Fsp3) is 0.893. The second-order valence-electron chi connectivity index (χ2n) is 11.3. The molecule has 3 rings (SSSR count). The summed E-state index contributed by atoms with van der Waals surface area (Å²) in [4.78, 5) is 14.2. The Morgan fingerprint density at radius 1 is 0.756 bits per heavy atom. The second-order valence-corrected chi connectivity index (χ2v) is 20.0. The summed E-state index contributed by atoms with van der Waals surface area (Å²) in [5.74, 6) is -0.418. The van der Waals surface area contributed by atoms with E-state index < -0.39 is 32.4 Å². The topological polar surface area (TPSA) is 131 Å². The van der Waals surface area contributed by atoms with Crippen molar-refractivity contribution in [1.82, 2.24) is 4.90 Å². The van der Waals surface area contributed by atoms with Crippen LogP contribution in [0.15, 0.2) is 12.2 Å². The fourth-order valence-corrected chi connectivity index (χ4v) is 11.9. The molecule has 3 fully saturated rings. The molecular formula is C28H57NO13Si3. The average Bonchev–Trinajstić information content (AvgIpc) is 3.01. The van der Waals surface area contributed by atoms with E-state index in [0.717, 1.165) is 19.4 Å². The van der Waals surface area contributed by atoms with Crippen molar-refractivity contribution in [2.24, 2.45) is 0 Å². The first-order valence-corrected chi connectivity index (χ1v) is 21.4. The average molecular weight is 700 g/mol. The van der Waals surface area contributed by atoms with Gasteiger partial charge >= 0.3 is 32.4 Å². The minimum Gasteiger partial charge on any atom is -0.462 e. The highest BCUT2D eigenvalue weighted by atomic mass is 28.4. The molecule has 0 spiro atoms. The Kier molecular flexibility index (Phi) is 18.6. The molecule has 2 bridgehead atoms. The number of carbonyl (C=O) groups excluding carboxylic acids is 1. The second kappa shape index (κ2) is 20.7. The van der Waals surface area contributed by atoms with Crippen molar-refractivity contribution in [3.05, 3.63) is 12.2 Å². The molecule has 45 heavy (non-hydrogen) atoms. The molecule has 3 atom stereocenters. The molecule has 0 amide bonds. The van der Waals surface area contributed by atoms with E-state index in [1.54, 1.807) is 49.6 Å². The molecule has 14 nitrogen and oxygen atoms in total. The molecule has 3 saturated heterocycles. The molecule has 264 valence electrons. The highest BCUT2D eigenvalue weighted by molar-refractivity contribution is 6.61. The number of rotatable bonds is 23. The van der Waals surface area contributed by atoms with E-state index in [1.165, 1.54) is 0 Å². The standard InChI is InChI=1S/C28H57NO13Si3/c1-24(2)28(30)39-15-12-18-45-40-25(3)19-29(20-26(41-45)22-37-13-10-16-43(31-4,32-5)33-6)21-27(42-45)23-38-14-11-17-44(34-7,35-8)36-9/h25-27H,1,10-23H2,2-9H3. The molecule has 0 aromatic heterocycles. The van der Waals surface area contributed by atoms with Crippen LogP contribution in [0.5, 0.6) is 0 Å². The Bertz CT molecular complexity index is 807. The molecule has 0 saturated carbocycles. The van der Waals surface area contributed by atoms with E-state index >= 15 is 0 Å². The Balaban J connectivity index is 2.05. The summed E-state index contributed by atoms with van der Waals surface area (Å²) < 4.78 is 70.7. The van der Waals surface area contributed by atoms with Crippen molar-refractivity contribution in [3.63, 3.8) is 0 Å². The minimum absolute atomic E-state index is 0.0937. The third-order valence-corrected chi connectivity index (χ3v) is 16.5. The Morgan fingerprint density at radius 3 is 1.64 bits per heavy atom.